The van der Waals surface area contributed by atoms with Gasteiger partial charge in [0.15, 0.2) is 0 Å². The van der Waals surface area contributed by atoms with Gasteiger partial charge >= 0.3 is 5.97 Å². The molecule has 0 aliphatic heterocycles. The first-order valence-electron chi connectivity index (χ1n) is 2.83. The molecule has 0 heterocycles. The van der Waals surface area contributed by atoms with E-state index in [0.29, 0.717) is 6.61 Å². The van der Waals surface area contributed by atoms with Gasteiger partial charge in [0.1, 0.15) is 0 Å². The second-order valence-electron chi connectivity index (χ2n) is 1.46. The van der Waals surface area contributed by atoms with Crippen LogP contribution >= 0.6 is 0 Å². The van der Waals surface area contributed by atoms with Crippen molar-refractivity contribution in [2.24, 2.45) is 0 Å². The Bertz CT molecular complexity index is 84.3. The fraction of sp³-hybridized carbons (Fsp3) is 0.800. The van der Waals surface area contributed by atoms with Crippen LogP contribution in [0.4, 0.5) is 0 Å². The molecular formula is C5H11NO3. The summed E-state index contributed by atoms with van der Waals surface area (Å²) in [5.74, 6) is -0.293. The van der Waals surface area contributed by atoms with Gasteiger partial charge in [0.25, 0.3) is 0 Å². The fourth-order valence-electron chi connectivity index (χ4n) is 0.391. The van der Waals surface area contributed by atoms with E-state index in [0.717, 1.165) is 0 Å². The van der Waals surface area contributed by atoms with Crippen LogP contribution in [0, 0.1) is 0 Å². The van der Waals surface area contributed by atoms with Crippen LogP contribution in [0.25, 0.3) is 0 Å². The summed E-state index contributed by atoms with van der Waals surface area (Å²) in [6, 6.07) is 0. The molecule has 0 amide bonds. The third-order valence-electron chi connectivity index (χ3n) is 0.746. The van der Waals surface area contributed by atoms with Crippen molar-refractivity contribution >= 4 is 5.97 Å². The van der Waals surface area contributed by atoms with E-state index in [1.165, 1.54) is 0 Å². The Morgan fingerprint density at radius 2 is 2.44 bits per heavy atom. The molecule has 0 saturated carbocycles. The zero-order valence-electron chi connectivity index (χ0n) is 5.39. The van der Waals surface area contributed by atoms with Gasteiger partial charge in [0.05, 0.1) is 13.0 Å². The van der Waals surface area contributed by atoms with E-state index >= 15 is 0 Å². The van der Waals surface area contributed by atoms with Crippen molar-refractivity contribution in [3.8, 4) is 0 Å². The highest BCUT2D eigenvalue weighted by atomic mass is 16.5. The smallest absolute Gasteiger partial charge is 0.307 e. The average Bonchev–Trinajstić information content (AvgIpc) is 1.85. The summed E-state index contributed by atoms with van der Waals surface area (Å²) in [5, 5.41) is 8.03. The van der Waals surface area contributed by atoms with Crippen LogP contribution in [0.2, 0.25) is 0 Å². The van der Waals surface area contributed by atoms with Crippen molar-refractivity contribution in [1.29, 1.82) is 0 Å². The van der Waals surface area contributed by atoms with Gasteiger partial charge in [-0.15, -0.1) is 0 Å². The van der Waals surface area contributed by atoms with Gasteiger partial charge in [-0.1, -0.05) is 0 Å². The normalized spacial score (nSPS) is 9.11. The Morgan fingerprint density at radius 3 is 2.89 bits per heavy atom. The summed E-state index contributed by atoms with van der Waals surface area (Å²) in [7, 11) is 0. The molecule has 0 aromatic rings. The molecule has 0 fully saturated rings. The Morgan fingerprint density at radius 1 is 1.78 bits per heavy atom. The molecule has 4 nitrogen and oxygen atoms in total. The quantitative estimate of drug-likeness (QED) is 0.416. The maximum atomic E-state index is 10.4. The zero-order chi connectivity index (χ0) is 7.11. The van der Waals surface area contributed by atoms with E-state index in [1.807, 2.05) is 5.48 Å². The van der Waals surface area contributed by atoms with Crippen molar-refractivity contribution < 1.29 is 14.7 Å². The molecule has 0 radical (unpaired) electrons. The molecule has 0 spiro atoms. The second-order valence-corrected chi connectivity index (χ2v) is 1.46. The highest BCUT2D eigenvalue weighted by Gasteiger charge is 1.97. The Balaban J connectivity index is 3.06. The van der Waals surface area contributed by atoms with Gasteiger partial charge < -0.3 is 9.94 Å². The van der Waals surface area contributed by atoms with E-state index in [2.05, 4.69) is 4.74 Å². The molecule has 0 aliphatic carbocycles. The number of nitrogens with one attached hydrogen (secondary N) is 1. The van der Waals surface area contributed by atoms with E-state index in [1.54, 1.807) is 6.92 Å². The summed E-state index contributed by atoms with van der Waals surface area (Å²) in [6.45, 7) is 2.38. The topological polar surface area (TPSA) is 58.6 Å². The van der Waals surface area contributed by atoms with Crippen LogP contribution in [0.15, 0.2) is 0 Å². The van der Waals surface area contributed by atoms with E-state index in [9.17, 15) is 4.79 Å². The molecule has 0 aliphatic rings. The van der Waals surface area contributed by atoms with Gasteiger partial charge in [-0.05, 0) is 6.92 Å². The molecule has 0 atom stereocenters. The second kappa shape index (κ2) is 5.53. The van der Waals surface area contributed by atoms with E-state index in [4.69, 9.17) is 5.21 Å². The van der Waals surface area contributed by atoms with Crippen LogP contribution in [0.3, 0.4) is 0 Å². The Kier molecular flexibility index (Phi) is 5.15. The third-order valence-corrected chi connectivity index (χ3v) is 0.746. The summed E-state index contributed by atoms with van der Waals surface area (Å²) in [5.41, 5.74) is 1.86. The van der Waals surface area contributed by atoms with Crippen LogP contribution in [0.1, 0.15) is 13.3 Å². The molecule has 0 unspecified atom stereocenters. The molecule has 54 valence electrons. The van der Waals surface area contributed by atoms with Crippen LogP contribution in [-0.4, -0.2) is 24.3 Å². The highest BCUT2D eigenvalue weighted by molar-refractivity contribution is 5.69. The van der Waals surface area contributed by atoms with E-state index in [-0.39, 0.29) is 18.9 Å². The fourth-order valence-corrected chi connectivity index (χ4v) is 0.391. The monoisotopic (exact) mass is 133 g/mol. The maximum absolute atomic E-state index is 10.4. The van der Waals surface area contributed by atoms with Gasteiger partial charge in [-0.25, -0.2) is 5.48 Å². The molecular weight excluding hydrogens is 122 g/mol. The lowest BCUT2D eigenvalue weighted by Gasteiger charge is -1.98. The number of hydrogen-bond donors (Lipinski definition) is 2. The maximum Gasteiger partial charge on any atom is 0.307 e. The number of hydrogen-bond acceptors (Lipinski definition) is 4. The lowest BCUT2D eigenvalue weighted by molar-refractivity contribution is -0.143. The molecule has 2 N–H and O–H groups in total. The third kappa shape index (κ3) is 5.26. The summed E-state index contributed by atoms with van der Waals surface area (Å²) >= 11 is 0. The molecule has 0 aromatic heterocycles. The molecule has 0 rings (SSSR count). The molecule has 0 saturated heterocycles. The Labute approximate surface area is 53.8 Å². The summed E-state index contributed by atoms with van der Waals surface area (Å²) in [4.78, 5) is 10.4. The van der Waals surface area contributed by atoms with Gasteiger partial charge in [-0.2, -0.15) is 0 Å². The van der Waals surface area contributed by atoms with Crippen molar-refractivity contribution in [3.05, 3.63) is 0 Å². The summed E-state index contributed by atoms with van der Waals surface area (Å²) in [6.07, 6.45) is 0.213. The van der Waals surface area contributed by atoms with Gasteiger partial charge in [0, 0.05) is 6.54 Å². The van der Waals surface area contributed by atoms with Crippen LogP contribution in [0.5, 0.6) is 0 Å². The first-order chi connectivity index (χ1) is 4.31. The van der Waals surface area contributed by atoms with E-state index < -0.39 is 0 Å². The number of rotatable bonds is 4. The van der Waals surface area contributed by atoms with Gasteiger partial charge in [0.2, 0.25) is 0 Å². The predicted molar refractivity (Wildman–Crippen MR) is 31.0 cm³/mol. The zero-order valence-corrected chi connectivity index (χ0v) is 5.39. The van der Waals surface area contributed by atoms with Crippen LogP contribution < -0.4 is 5.48 Å². The first-order valence-corrected chi connectivity index (χ1v) is 2.83. The number of carbonyl (C=O) groups is 1. The Hall–Kier alpha value is -0.610. The minimum Gasteiger partial charge on any atom is -0.466 e. The molecule has 0 aromatic carbocycles. The molecule has 0 bridgehead atoms. The van der Waals surface area contributed by atoms with Crippen molar-refractivity contribution in [2.45, 2.75) is 13.3 Å². The predicted octanol–water partition coefficient (Wildman–Crippen LogP) is -0.0816. The van der Waals surface area contributed by atoms with Crippen LogP contribution in [-0.2, 0) is 9.53 Å². The first kappa shape index (κ1) is 8.39. The highest BCUT2D eigenvalue weighted by Crippen LogP contribution is 1.82. The standard InChI is InChI=1S/C5H11NO3/c1-2-9-5(7)3-4-6-8/h6,8H,2-4H2,1H3. The number of esters is 1. The largest absolute Gasteiger partial charge is 0.466 e. The number of ether oxygens (including phenoxy) is 1. The van der Waals surface area contributed by atoms with Crippen molar-refractivity contribution in [2.75, 3.05) is 13.2 Å². The van der Waals surface area contributed by atoms with Crippen molar-refractivity contribution in [3.63, 3.8) is 0 Å². The number of carbonyl (C=O) groups excluding carboxylic acids is 1. The summed E-state index contributed by atoms with van der Waals surface area (Å²) < 4.78 is 4.55. The number of hydroxylamine groups is 1. The minimum absolute atomic E-state index is 0.213. The molecule has 9 heavy (non-hydrogen) atoms. The average molecular weight is 133 g/mol. The minimum atomic E-state index is -0.293. The van der Waals surface area contributed by atoms with Crippen molar-refractivity contribution in [1.82, 2.24) is 5.48 Å². The van der Waals surface area contributed by atoms with Gasteiger partial charge in [-0.3, -0.25) is 4.79 Å². The molecule has 4 heteroatoms. The lowest BCUT2D eigenvalue weighted by Crippen LogP contribution is -2.15. The lowest BCUT2D eigenvalue weighted by atomic mass is 10.4. The SMILES string of the molecule is CCOC(=O)CCNO.